The van der Waals surface area contributed by atoms with Crippen molar-refractivity contribution in [2.45, 2.75) is 19.4 Å². The van der Waals surface area contributed by atoms with E-state index in [0.717, 1.165) is 5.56 Å². The van der Waals surface area contributed by atoms with E-state index in [-0.39, 0.29) is 5.75 Å². The monoisotopic (exact) mass is 313 g/mol. The van der Waals surface area contributed by atoms with Crippen molar-refractivity contribution in [1.29, 1.82) is 0 Å². The van der Waals surface area contributed by atoms with Crippen molar-refractivity contribution in [3.63, 3.8) is 0 Å². The molecule has 0 heterocycles. The third kappa shape index (κ3) is 3.17. The molecule has 0 unspecified atom stereocenters. The molecule has 0 radical (unpaired) electrons. The lowest BCUT2D eigenvalue weighted by molar-refractivity contribution is 0.103. The number of nitrogens with two attached hydrogens (primary N) is 1. The van der Waals surface area contributed by atoms with Gasteiger partial charge in [-0.3, -0.25) is 0 Å². The SMILES string of the molecule is CC(C)(Oc1ccc(N)cc1F)c1ccc(Cl)cc1Cl. The van der Waals surface area contributed by atoms with Gasteiger partial charge in [-0.2, -0.15) is 0 Å². The van der Waals surface area contributed by atoms with Gasteiger partial charge in [0.2, 0.25) is 0 Å². The lowest BCUT2D eigenvalue weighted by Gasteiger charge is -2.28. The molecule has 2 nitrogen and oxygen atoms in total. The molecule has 0 bridgehead atoms. The third-order valence-corrected chi connectivity index (χ3v) is 3.45. The van der Waals surface area contributed by atoms with Crippen molar-refractivity contribution in [1.82, 2.24) is 0 Å². The Balaban J connectivity index is 2.35. The summed E-state index contributed by atoms with van der Waals surface area (Å²) >= 11 is 12.0. The number of rotatable bonds is 3. The predicted octanol–water partition coefficient (Wildman–Crippen LogP) is 5.03. The van der Waals surface area contributed by atoms with Crippen LogP contribution in [0.25, 0.3) is 0 Å². The first-order valence-corrected chi connectivity index (χ1v) is 6.75. The molecule has 0 saturated heterocycles. The van der Waals surface area contributed by atoms with Crippen molar-refractivity contribution in [2.75, 3.05) is 5.73 Å². The van der Waals surface area contributed by atoms with Gasteiger partial charge in [-0.15, -0.1) is 0 Å². The summed E-state index contributed by atoms with van der Waals surface area (Å²) in [6.45, 7) is 3.61. The zero-order chi connectivity index (χ0) is 14.9. The van der Waals surface area contributed by atoms with E-state index in [1.807, 2.05) is 0 Å². The molecule has 0 amide bonds. The predicted molar refractivity (Wildman–Crippen MR) is 80.9 cm³/mol. The number of halogens is 3. The van der Waals surface area contributed by atoms with Crippen molar-refractivity contribution < 1.29 is 9.13 Å². The highest BCUT2D eigenvalue weighted by molar-refractivity contribution is 6.35. The van der Waals surface area contributed by atoms with E-state index in [9.17, 15) is 4.39 Å². The number of ether oxygens (including phenoxy) is 1. The smallest absolute Gasteiger partial charge is 0.167 e. The summed E-state index contributed by atoms with van der Waals surface area (Å²) in [5.74, 6) is -0.390. The van der Waals surface area contributed by atoms with E-state index in [1.165, 1.54) is 12.1 Å². The number of hydrogen-bond acceptors (Lipinski definition) is 2. The van der Waals surface area contributed by atoms with Crippen molar-refractivity contribution >= 4 is 28.9 Å². The van der Waals surface area contributed by atoms with Crippen LogP contribution in [-0.4, -0.2) is 0 Å². The first kappa shape index (κ1) is 14.9. The molecular weight excluding hydrogens is 300 g/mol. The van der Waals surface area contributed by atoms with Crippen LogP contribution < -0.4 is 10.5 Å². The van der Waals surface area contributed by atoms with Gasteiger partial charge in [0, 0.05) is 27.4 Å². The number of benzene rings is 2. The van der Waals surface area contributed by atoms with E-state index in [2.05, 4.69) is 0 Å². The summed E-state index contributed by atoms with van der Waals surface area (Å²) in [4.78, 5) is 0. The molecule has 20 heavy (non-hydrogen) atoms. The Kier molecular flexibility index (Phi) is 4.11. The number of hydrogen-bond donors (Lipinski definition) is 1. The fourth-order valence-corrected chi connectivity index (χ4v) is 2.54. The zero-order valence-corrected chi connectivity index (χ0v) is 12.6. The van der Waals surface area contributed by atoms with Crippen LogP contribution in [0.4, 0.5) is 10.1 Å². The second-order valence-electron chi connectivity index (χ2n) is 4.93. The average Bonchev–Trinajstić information content (AvgIpc) is 2.32. The Labute approximate surface area is 127 Å². The molecule has 0 aliphatic carbocycles. The van der Waals surface area contributed by atoms with Crippen LogP contribution in [0.5, 0.6) is 5.75 Å². The van der Waals surface area contributed by atoms with Gasteiger partial charge in [0.15, 0.2) is 11.6 Å². The summed E-state index contributed by atoms with van der Waals surface area (Å²) in [5.41, 5.74) is 5.77. The van der Waals surface area contributed by atoms with Crippen molar-refractivity contribution in [3.05, 3.63) is 57.8 Å². The zero-order valence-electron chi connectivity index (χ0n) is 11.1. The van der Waals surface area contributed by atoms with Crippen LogP contribution in [0.15, 0.2) is 36.4 Å². The second-order valence-corrected chi connectivity index (χ2v) is 5.77. The molecule has 0 aromatic heterocycles. The maximum Gasteiger partial charge on any atom is 0.167 e. The molecular formula is C15H14Cl2FNO. The van der Waals surface area contributed by atoms with E-state index >= 15 is 0 Å². The van der Waals surface area contributed by atoms with Gasteiger partial charge in [-0.05, 0) is 38.1 Å². The Morgan fingerprint density at radius 2 is 1.80 bits per heavy atom. The molecule has 2 N–H and O–H groups in total. The van der Waals surface area contributed by atoms with Crippen LogP contribution in [-0.2, 0) is 5.60 Å². The van der Waals surface area contributed by atoms with Crippen LogP contribution in [0.3, 0.4) is 0 Å². The standard InChI is InChI=1S/C15H14Cl2FNO/c1-15(2,11-5-3-9(16)7-12(11)17)20-14-6-4-10(19)8-13(14)18/h3-8H,19H2,1-2H3. The summed E-state index contributed by atoms with van der Waals surface area (Å²) in [6.07, 6.45) is 0. The third-order valence-electron chi connectivity index (χ3n) is 2.90. The second kappa shape index (κ2) is 5.51. The first-order chi connectivity index (χ1) is 9.29. The maximum atomic E-state index is 13.8. The summed E-state index contributed by atoms with van der Waals surface area (Å²) < 4.78 is 19.5. The topological polar surface area (TPSA) is 35.2 Å². The van der Waals surface area contributed by atoms with Gasteiger partial charge in [0.25, 0.3) is 0 Å². The van der Waals surface area contributed by atoms with Crippen molar-refractivity contribution in [3.8, 4) is 5.75 Å². The molecule has 2 rings (SSSR count). The lowest BCUT2D eigenvalue weighted by atomic mass is 9.98. The van der Waals surface area contributed by atoms with Gasteiger partial charge in [0.05, 0.1) is 0 Å². The highest BCUT2D eigenvalue weighted by atomic mass is 35.5. The summed E-state index contributed by atoms with van der Waals surface area (Å²) in [7, 11) is 0. The normalized spacial score (nSPS) is 11.4. The van der Waals surface area contributed by atoms with Gasteiger partial charge in [-0.25, -0.2) is 4.39 Å². The summed E-state index contributed by atoms with van der Waals surface area (Å²) in [5, 5.41) is 1.01. The van der Waals surface area contributed by atoms with E-state index < -0.39 is 11.4 Å². The van der Waals surface area contributed by atoms with E-state index in [4.69, 9.17) is 33.7 Å². The minimum Gasteiger partial charge on any atom is -0.480 e. The maximum absolute atomic E-state index is 13.8. The Hall–Kier alpha value is -1.45. The quantitative estimate of drug-likeness (QED) is 0.807. The molecule has 0 fully saturated rings. The van der Waals surface area contributed by atoms with Gasteiger partial charge in [0.1, 0.15) is 5.60 Å². The molecule has 2 aromatic rings. The molecule has 0 aliphatic heterocycles. The highest BCUT2D eigenvalue weighted by Gasteiger charge is 2.26. The minimum absolute atomic E-state index is 0.121. The van der Waals surface area contributed by atoms with Crippen LogP contribution in [0, 0.1) is 5.82 Å². The average molecular weight is 314 g/mol. The van der Waals surface area contributed by atoms with Gasteiger partial charge >= 0.3 is 0 Å². The Morgan fingerprint density at radius 3 is 2.40 bits per heavy atom. The van der Waals surface area contributed by atoms with Gasteiger partial charge in [-0.1, -0.05) is 29.3 Å². The summed E-state index contributed by atoms with van der Waals surface area (Å²) in [6, 6.07) is 9.40. The molecule has 0 saturated carbocycles. The fourth-order valence-electron chi connectivity index (χ4n) is 1.91. The van der Waals surface area contributed by atoms with Crippen LogP contribution in [0.1, 0.15) is 19.4 Å². The van der Waals surface area contributed by atoms with Crippen LogP contribution in [0.2, 0.25) is 10.0 Å². The number of anilines is 1. The van der Waals surface area contributed by atoms with E-state index in [0.29, 0.717) is 15.7 Å². The Morgan fingerprint density at radius 1 is 1.10 bits per heavy atom. The molecule has 0 aliphatic rings. The van der Waals surface area contributed by atoms with Crippen molar-refractivity contribution in [2.24, 2.45) is 0 Å². The first-order valence-electron chi connectivity index (χ1n) is 5.99. The molecule has 106 valence electrons. The highest BCUT2D eigenvalue weighted by Crippen LogP contribution is 2.35. The largest absolute Gasteiger partial charge is 0.480 e. The molecule has 0 spiro atoms. The molecule has 0 atom stereocenters. The Bertz CT molecular complexity index is 644. The number of nitrogen functional groups attached to an aromatic ring is 1. The van der Waals surface area contributed by atoms with Crippen LogP contribution >= 0.6 is 23.2 Å². The molecule has 2 aromatic carbocycles. The fraction of sp³-hybridized carbons (Fsp3) is 0.200. The minimum atomic E-state index is -0.807. The van der Waals surface area contributed by atoms with E-state index in [1.54, 1.807) is 38.1 Å². The van der Waals surface area contributed by atoms with Gasteiger partial charge < -0.3 is 10.5 Å². The lowest BCUT2D eigenvalue weighted by Crippen LogP contribution is -2.26. The molecule has 5 heteroatoms.